The molecule has 0 bridgehead atoms. The monoisotopic (exact) mass is 247 g/mol. The van der Waals surface area contributed by atoms with Crippen molar-refractivity contribution in [3.63, 3.8) is 0 Å². The van der Waals surface area contributed by atoms with Gasteiger partial charge < -0.3 is 5.32 Å². The highest BCUT2D eigenvalue weighted by atomic mass is 15.2. The number of rotatable bonds is 5. The summed E-state index contributed by atoms with van der Waals surface area (Å²) < 4.78 is 0. The van der Waals surface area contributed by atoms with Gasteiger partial charge in [-0.3, -0.25) is 9.88 Å². The molecule has 18 heavy (non-hydrogen) atoms. The Balaban J connectivity index is 1.66. The van der Waals surface area contributed by atoms with Crippen molar-refractivity contribution >= 4 is 0 Å². The summed E-state index contributed by atoms with van der Waals surface area (Å²) in [4.78, 5) is 6.74. The van der Waals surface area contributed by atoms with Crippen molar-refractivity contribution in [2.24, 2.45) is 5.92 Å². The fourth-order valence-electron chi connectivity index (χ4n) is 2.69. The third-order valence-electron chi connectivity index (χ3n) is 4.13. The van der Waals surface area contributed by atoms with Crippen LogP contribution < -0.4 is 5.32 Å². The molecule has 1 saturated heterocycles. The first kappa shape index (κ1) is 13.5. The van der Waals surface area contributed by atoms with Gasteiger partial charge in [-0.1, -0.05) is 13.0 Å². The summed E-state index contributed by atoms with van der Waals surface area (Å²) in [5.41, 5.74) is 1.26. The van der Waals surface area contributed by atoms with Crippen molar-refractivity contribution in [2.45, 2.75) is 39.3 Å². The highest BCUT2D eigenvalue weighted by Gasteiger charge is 2.23. The van der Waals surface area contributed by atoms with E-state index in [1.807, 2.05) is 18.5 Å². The van der Waals surface area contributed by atoms with E-state index in [-0.39, 0.29) is 0 Å². The number of nitrogens with zero attached hydrogens (tertiary/aromatic N) is 2. The highest BCUT2D eigenvalue weighted by molar-refractivity contribution is 5.07. The Hall–Kier alpha value is -0.930. The second-order valence-corrected chi connectivity index (χ2v) is 5.43. The van der Waals surface area contributed by atoms with E-state index >= 15 is 0 Å². The molecular formula is C15H25N3. The van der Waals surface area contributed by atoms with Crippen molar-refractivity contribution < 1.29 is 0 Å². The van der Waals surface area contributed by atoms with Crippen LogP contribution in [0.5, 0.6) is 0 Å². The molecule has 1 N–H and O–H groups in total. The molecule has 2 rings (SSSR count). The van der Waals surface area contributed by atoms with E-state index in [2.05, 4.69) is 35.1 Å². The fraction of sp³-hybridized carbons (Fsp3) is 0.667. The van der Waals surface area contributed by atoms with E-state index in [0.29, 0.717) is 0 Å². The smallest absolute Gasteiger partial charge is 0.0312 e. The lowest BCUT2D eigenvalue weighted by atomic mass is 9.92. The van der Waals surface area contributed by atoms with Gasteiger partial charge in [-0.25, -0.2) is 0 Å². The van der Waals surface area contributed by atoms with Gasteiger partial charge in [0.25, 0.3) is 0 Å². The summed E-state index contributed by atoms with van der Waals surface area (Å²) in [5, 5.41) is 3.50. The third-order valence-corrected chi connectivity index (χ3v) is 4.13. The average Bonchev–Trinajstić information content (AvgIpc) is 2.40. The molecule has 2 heterocycles. The zero-order chi connectivity index (χ0) is 12.8. The minimum Gasteiger partial charge on any atom is -0.311 e. The van der Waals surface area contributed by atoms with Crippen LogP contribution in [-0.4, -0.2) is 35.6 Å². The predicted octanol–water partition coefficient (Wildman–Crippen LogP) is 2.29. The molecule has 0 radical (unpaired) electrons. The summed E-state index contributed by atoms with van der Waals surface area (Å²) in [7, 11) is 0. The molecule has 1 aromatic heterocycles. The van der Waals surface area contributed by atoms with Gasteiger partial charge in [-0.05, 0) is 43.9 Å². The minimum atomic E-state index is 0.735. The number of nitrogens with one attached hydrogen (secondary N) is 1. The molecular weight excluding hydrogens is 222 g/mol. The number of hydrogen-bond acceptors (Lipinski definition) is 3. The van der Waals surface area contributed by atoms with Crippen molar-refractivity contribution in [3.05, 3.63) is 30.1 Å². The molecule has 100 valence electrons. The summed E-state index contributed by atoms with van der Waals surface area (Å²) >= 11 is 0. The molecule has 1 aromatic rings. The van der Waals surface area contributed by atoms with Crippen LogP contribution in [0.15, 0.2) is 24.5 Å². The van der Waals surface area contributed by atoms with Crippen LogP contribution in [-0.2, 0) is 6.54 Å². The van der Waals surface area contributed by atoms with Crippen LogP contribution in [0.2, 0.25) is 0 Å². The van der Waals surface area contributed by atoms with E-state index in [1.165, 1.54) is 24.9 Å². The molecule has 3 heteroatoms. The zero-order valence-electron chi connectivity index (χ0n) is 11.6. The standard InChI is InChI=1S/C15H25N3/c1-13-5-4-9-18(14(13)2)10-8-17-12-15-6-3-7-16-11-15/h3,6-7,11,13-14,17H,4-5,8-10,12H2,1-2H3. The second kappa shape index (κ2) is 6.86. The van der Waals surface area contributed by atoms with Crippen LogP contribution in [0.1, 0.15) is 32.3 Å². The maximum atomic E-state index is 4.12. The molecule has 1 fully saturated rings. The van der Waals surface area contributed by atoms with E-state index in [9.17, 15) is 0 Å². The van der Waals surface area contributed by atoms with Gasteiger partial charge in [0.2, 0.25) is 0 Å². The summed E-state index contributed by atoms with van der Waals surface area (Å²) in [6, 6.07) is 4.84. The first-order chi connectivity index (χ1) is 8.77. The lowest BCUT2D eigenvalue weighted by molar-refractivity contribution is 0.115. The number of piperidine rings is 1. The van der Waals surface area contributed by atoms with Gasteiger partial charge in [0, 0.05) is 38.1 Å². The van der Waals surface area contributed by atoms with Crippen molar-refractivity contribution in [2.75, 3.05) is 19.6 Å². The predicted molar refractivity (Wildman–Crippen MR) is 75.4 cm³/mol. The number of pyridine rings is 1. The summed E-state index contributed by atoms with van der Waals surface area (Å²) in [5.74, 6) is 0.845. The Morgan fingerprint density at radius 3 is 3.11 bits per heavy atom. The Morgan fingerprint density at radius 1 is 1.44 bits per heavy atom. The van der Waals surface area contributed by atoms with Crippen LogP contribution in [0, 0.1) is 5.92 Å². The average molecular weight is 247 g/mol. The van der Waals surface area contributed by atoms with Crippen LogP contribution in [0.3, 0.4) is 0 Å². The van der Waals surface area contributed by atoms with Crippen molar-refractivity contribution in [1.29, 1.82) is 0 Å². The van der Waals surface area contributed by atoms with Crippen LogP contribution >= 0.6 is 0 Å². The first-order valence-electron chi connectivity index (χ1n) is 7.11. The molecule has 1 aliphatic rings. The molecule has 1 aliphatic heterocycles. The largest absolute Gasteiger partial charge is 0.311 e. The summed E-state index contributed by atoms with van der Waals surface area (Å²) in [6.45, 7) is 9.15. The van der Waals surface area contributed by atoms with Gasteiger partial charge in [0.15, 0.2) is 0 Å². The Labute approximate surface area is 111 Å². The Kier molecular flexibility index (Phi) is 5.14. The maximum Gasteiger partial charge on any atom is 0.0312 e. The van der Waals surface area contributed by atoms with E-state index in [1.54, 1.807) is 0 Å². The Bertz CT molecular complexity index is 339. The highest BCUT2D eigenvalue weighted by Crippen LogP contribution is 2.21. The topological polar surface area (TPSA) is 28.2 Å². The first-order valence-corrected chi connectivity index (χ1v) is 7.11. The molecule has 2 unspecified atom stereocenters. The Morgan fingerprint density at radius 2 is 2.33 bits per heavy atom. The minimum absolute atomic E-state index is 0.735. The molecule has 0 amide bonds. The normalized spacial score (nSPS) is 25.2. The van der Waals surface area contributed by atoms with Gasteiger partial charge in [-0.2, -0.15) is 0 Å². The SMILES string of the molecule is CC1CCCN(CCNCc2cccnc2)C1C. The van der Waals surface area contributed by atoms with Gasteiger partial charge >= 0.3 is 0 Å². The molecule has 3 nitrogen and oxygen atoms in total. The van der Waals surface area contributed by atoms with E-state index in [4.69, 9.17) is 0 Å². The fourth-order valence-corrected chi connectivity index (χ4v) is 2.69. The van der Waals surface area contributed by atoms with E-state index in [0.717, 1.165) is 31.6 Å². The molecule has 0 aliphatic carbocycles. The maximum absolute atomic E-state index is 4.12. The van der Waals surface area contributed by atoms with Crippen molar-refractivity contribution in [3.8, 4) is 0 Å². The molecule has 0 saturated carbocycles. The third kappa shape index (κ3) is 3.79. The number of hydrogen-bond donors (Lipinski definition) is 1. The van der Waals surface area contributed by atoms with Crippen molar-refractivity contribution in [1.82, 2.24) is 15.2 Å². The van der Waals surface area contributed by atoms with Crippen LogP contribution in [0.4, 0.5) is 0 Å². The molecule has 0 aromatic carbocycles. The van der Waals surface area contributed by atoms with E-state index < -0.39 is 0 Å². The zero-order valence-corrected chi connectivity index (χ0v) is 11.6. The number of likely N-dealkylation sites (tertiary alicyclic amines) is 1. The lowest BCUT2D eigenvalue weighted by Crippen LogP contribution is -2.45. The number of aromatic nitrogens is 1. The van der Waals surface area contributed by atoms with Gasteiger partial charge in [-0.15, -0.1) is 0 Å². The summed E-state index contributed by atoms with van der Waals surface area (Å²) in [6.07, 6.45) is 6.49. The van der Waals surface area contributed by atoms with Gasteiger partial charge in [0.05, 0.1) is 0 Å². The molecule has 2 atom stereocenters. The lowest BCUT2D eigenvalue weighted by Gasteiger charge is -2.37. The van der Waals surface area contributed by atoms with Crippen LogP contribution in [0.25, 0.3) is 0 Å². The van der Waals surface area contributed by atoms with Gasteiger partial charge in [0.1, 0.15) is 0 Å². The quantitative estimate of drug-likeness (QED) is 0.809. The molecule has 0 spiro atoms. The second-order valence-electron chi connectivity index (χ2n) is 5.43.